The van der Waals surface area contributed by atoms with Crippen molar-refractivity contribution in [3.63, 3.8) is 0 Å². The summed E-state index contributed by atoms with van der Waals surface area (Å²) >= 11 is 0. The van der Waals surface area contributed by atoms with E-state index in [2.05, 4.69) is 5.10 Å². The van der Waals surface area contributed by atoms with Crippen molar-refractivity contribution in [3.8, 4) is 17.0 Å². The molecule has 1 aromatic carbocycles. The summed E-state index contributed by atoms with van der Waals surface area (Å²) in [7, 11) is -2.57. The van der Waals surface area contributed by atoms with Gasteiger partial charge in [-0.2, -0.15) is 13.5 Å². The molecule has 138 valence electrons. The number of amides is 1. The van der Waals surface area contributed by atoms with Crippen molar-refractivity contribution in [1.29, 1.82) is 0 Å². The molecule has 1 saturated heterocycles. The molecule has 2 aliphatic rings. The monoisotopic (exact) mass is 381 g/mol. The van der Waals surface area contributed by atoms with Gasteiger partial charge in [-0.05, 0) is 31.0 Å². The molecule has 26 heavy (non-hydrogen) atoms. The lowest BCUT2D eigenvalue weighted by Gasteiger charge is -2.18. The van der Waals surface area contributed by atoms with E-state index in [0.717, 1.165) is 24.6 Å². The van der Waals surface area contributed by atoms with Crippen molar-refractivity contribution in [2.75, 3.05) is 10.8 Å². The van der Waals surface area contributed by atoms with Crippen LogP contribution in [0, 0.1) is 5.82 Å². The fraction of sp³-hybridized carbons (Fsp3) is 0.333. The highest BCUT2D eigenvalue weighted by atomic mass is 32.2. The maximum Gasteiger partial charge on any atom is 0.326 e. The standard InChI is InChI=1S/C15H16FN5O4S/c1-20-11(15(17)4-5-15)6-9(18-20)8-2-3-10(22)14(13(8)16)21-7-12(23)19-26(21,24)25/h2-3,6,22H,4-5,7,17H2,1H3,(H,19,23). The number of carbonyl (C=O) groups excluding carboxylic acids is 1. The molecule has 1 amide bonds. The zero-order chi connectivity index (χ0) is 18.9. The molecule has 2 heterocycles. The lowest BCUT2D eigenvalue weighted by Crippen LogP contribution is -2.30. The largest absolute Gasteiger partial charge is 0.506 e. The van der Waals surface area contributed by atoms with E-state index in [1.165, 1.54) is 6.07 Å². The van der Waals surface area contributed by atoms with Crippen LogP contribution in [0.5, 0.6) is 5.75 Å². The molecular weight excluding hydrogens is 365 g/mol. The molecule has 1 aliphatic heterocycles. The number of anilines is 1. The molecule has 2 fully saturated rings. The van der Waals surface area contributed by atoms with Crippen LogP contribution in [0.2, 0.25) is 0 Å². The van der Waals surface area contributed by atoms with Gasteiger partial charge in [-0.25, -0.2) is 13.4 Å². The number of hydrogen-bond donors (Lipinski definition) is 3. The molecule has 0 radical (unpaired) electrons. The summed E-state index contributed by atoms with van der Waals surface area (Å²) in [4.78, 5) is 11.4. The highest BCUT2D eigenvalue weighted by molar-refractivity contribution is 7.92. The molecule has 0 atom stereocenters. The van der Waals surface area contributed by atoms with E-state index in [1.54, 1.807) is 22.5 Å². The Hall–Kier alpha value is -2.66. The SMILES string of the molecule is Cn1nc(-c2ccc(O)c(N3CC(=O)NS3(=O)=O)c2F)cc1C1(N)CC1. The Bertz CT molecular complexity index is 1040. The zero-order valence-electron chi connectivity index (χ0n) is 13.7. The van der Waals surface area contributed by atoms with E-state index in [-0.39, 0.29) is 11.3 Å². The molecule has 1 aliphatic carbocycles. The van der Waals surface area contributed by atoms with Gasteiger partial charge in [0.25, 0.3) is 5.91 Å². The Morgan fingerprint density at radius 3 is 2.65 bits per heavy atom. The quantitative estimate of drug-likeness (QED) is 0.689. The molecule has 4 rings (SSSR count). The summed E-state index contributed by atoms with van der Waals surface area (Å²) in [5.74, 6) is -2.40. The second-order valence-corrected chi connectivity index (χ2v) is 8.12. The lowest BCUT2D eigenvalue weighted by molar-refractivity contribution is -0.117. The van der Waals surface area contributed by atoms with E-state index in [1.807, 2.05) is 0 Å². The highest BCUT2D eigenvalue weighted by Gasteiger charge is 2.43. The number of rotatable bonds is 3. The maximum atomic E-state index is 15.1. The predicted octanol–water partition coefficient (Wildman–Crippen LogP) is 0.0606. The molecule has 0 bridgehead atoms. The number of halogens is 1. The minimum absolute atomic E-state index is 0.00144. The number of nitrogens with two attached hydrogens (primary N) is 1. The third kappa shape index (κ3) is 2.42. The smallest absolute Gasteiger partial charge is 0.326 e. The molecule has 9 nitrogen and oxygen atoms in total. The maximum absolute atomic E-state index is 15.1. The Morgan fingerprint density at radius 1 is 1.38 bits per heavy atom. The first-order valence-electron chi connectivity index (χ1n) is 7.81. The van der Waals surface area contributed by atoms with E-state index in [4.69, 9.17) is 5.73 Å². The number of hydrogen-bond acceptors (Lipinski definition) is 6. The summed E-state index contributed by atoms with van der Waals surface area (Å²) in [6.45, 7) is -0.615. The minimum atomic E-state index is -4.26. The minimum Gasteiger partial charge on any atom is -0.506 e. The lowest BCUT2D eigenvalue weighted by atomic mass is 10.1. The molecule has 1 saturated carbocycles. The first-order chi connectivity index (χ1) is 12.1. The third-order valence-corrected chi connectivity index (χ3v) is 6.00. The van der Waals surface area contributed by atoms with Crippen LogP contribution in [0.3, 0.4) is 0 Å². The van der Waals surface area contributed by atoms with Gasteiger partial charge in [0.05, 0.1) is 16.9 Å². The molecule has 2 aromatic rings. The van der Waals surface area contributed by atoms with Gasteiger partial charge in [0.1, 0.15) is 18.0 Å². The fourth-order valence-corrected chi connectivity index (χ4v) is 4.25. The van der Waals surface area contributed by atoms with Crippen molar-refractivity contribution in [2.45, 2.75) is 18.4 Å². The van der Waals surface area contributed by atoms with E-state index in [9.17, 15) is 18.3 Å². The summed E-state index contributed by atoms with van der Waals surface area (Å²) in [6, 6.07) is 4.11. The van der Waals surface area contributed by atoms with E-state index in [0.29, 0.717) is 4.31 Å². The Balaban J connectivity index is 1.84. The van der Waals surface area contributed by atoms with Crippen LogP contribution in [0.15, 0.2) is 18.2 Å². The van der Waals surface area contributed by atoms with Crippen molar-refractivity contribution in [1.82, 2.24) is 14.5 Å². The average Bonchev–Trinajstić information content (AvgIpc) is 3.05. The summed E-state index contributed by atoms with van der Waals surface area (Å²) in [5.41, 5.74) is 6.10. The number of nitrogens with zero attached hydrogens (tertiary/aromatic N) is 3. The number of phenolic OH excluding ortho intramolecular Hbond substituents is 1. The van der Waals surface area contributed by atoms with Gasteiger partial charge < -0.3 is 10.8 Å². The topological polar surface area (TPSA) is 131 Å². The van der Waals surface area contributed by atoms with Gasteiger partial charge in [-0.3, -0.25) is 9.48 Å². The molecule has 11 heteroatoms. The van der Waals surface area contributed by atoms with Gasteiger partial charge in [-0.1, -0.05) is 0 Å². The molecule has 1 aromatic heterocycles. The molecular formula is C15H16FN5O4S. The third-order valence-electron chi connectivity index (χ3n) is 4.62. The number of benzene rings is 1. The van der Waals surface area contributed by atoms with Crippen LogP contribution >= 0.6 is 0 Å². The average molecular weight is 381 g/mol. The van der Waals surface area contributed by atoms with Gasteiger partial charge in [0, 0.05) is 12.6 Å². The summed E-state index contributed by atoms with van der Waals surface area (Å²) in [5, 5.41) is 14.3. The van der Waals surface area contributed by atoms with Gasteiger partial charge in [0.15, 0.2) is 5.82 Å². The van der Waals surface area contributed by atoms with Crippen LogP contribution in [-0.2, 0) is 27.6 Å². The van der Waals surface area contributed by atoms with Gasteiger partial charge in [-0.15, -0.1) is 0 Å². The summed E-state index contributed by atoms with van der Waals surface area (Å²) < 4.78 is 42.9. The number of nitrogens with one attached hydrogen (secondary N) is 1. The van der Waals surface area contributed by atoms with E-state index < -0.39 is 45.5 Å². The number of aromatic hydroxyl groups is 1. The fourth-order valence-electron chi connectivity index (χ4n) is 3.09. The van der Waals surface area contributed by atoms with Crippen LogP contribution in [0.25, 0.3) is 11.3 Å². The first kappa shape index (κ1) is 16.8. The molecule has 4 N–H and O–H groups in total. The zero-order valence-corrected chi connectivity index (χ0v) is 14.5. The first-order valence-corrected chi connectivity index (χ1v) is 9.25. The second kappa shape index (κ2) is 5.17. The predicted molar refractivity (Wildman–Crippen MR) is 89.8 cm³/mol. The number of carbonyl (C=O) groups is 1. The Kier molecular flexibility index (Phi) is 3.34. The van der Waals surface area contributed by atoms with Crippen molar-refractivity contribution >= 4 is 21.8 Å². The van der Waals surface area contributed by atoms with Crippen molar-refractivity contribution < 1.29 is 22.7 Å². The molecule has 0 unspecified atom stereocenters. The van der Waals surface area contributed by atoms with Crippen LogP contribution in [0.1, 0.15) is 18.5 Å². The Labute approximate surface area is 148 Å². The van der Waals surface area contributed by atoms with Crippen molar-refractivity contribution in [3.05, 3.63) is 29.7 Å². The van der Waals surface area contributed by atoms with Crippen molar-refractivity contribution in [2.24, 2.45) is 12.8 Å². The van der Waals surface area contributed by atoms with Gasteiger partial charge >= 0.3 is 10.2 Å². The molecule has 0 spiro atoms. The number of phenols is 1. The van der Waals surface area contributed by atoms with Crippen LogP contribution < -0.4 is 14.8 Å². The van der Waals surface area contributed by atoms with Crippen LogP contribution in [0.4, 0.5) is 10.1 Å². The van der Waals surface area contributed by atoms with Crippen LogP contribution in [-0.4, -0.2) is 35.8 Å². The highest BCUT2D eigenvalue weighted by Crippen LogP contribution is 2.44. The normalized spacial score (nSPS) is 20.3. The van der Waals surface area contributed by atoms with Gasteiger partial charge in [0.2, 0.25) is 0 Å². The van der Waals surface area contributed by atoms with E-state index >= 15 is 4.39 Å². The Morgan fingerprint density at radius 2 is 2.08 bits per heavy atom. The number of aryl methyl sites for hydroxylation is 1. The number of aromatic nitrogens is 2. The second-order valence-electron chi connectivity index (χ2n) is 6.53. The summed E-state index contributed by atoms with van der Waals surface area (Å²) in [6.07, 6.45) is 1.60.